The van der Waals surface area contributed by atoms with Crippen LogP contribution in [0.25, 0.3) is 0 Å². The Bertz CT molecular complexity index is 609. The molecular weight excluding hydrogens is 306 g/mol. The molecule has 1 aromatic carbocycles. The number of nitrogens with zero attached hydrogens (tertiary/aromatic N) is 1. The maximum atomic E-state index is 12.2. The van der Waals surface area contributed by atoms with Gasteiger partial charge in [-0.2, -0.15) is 0 Å². The lowest BCUT2D eigenvalue weighted by Gasteiger charge is -2.16. The molecule has 0 radical (unpaired) electrons. The minimum absolute atomic E-state index is 0.193. The lowest BCUT2D eigenvalue weighted by Crippen LogP contribution is -2.30. The molecule has 0 bridgehead atoms. The van der Waals surface area contributed by atoms with Gasteiger partial charge in [0, 0.05) is 19.2 Å². The highest BCUT2D eigenvalue weighted by molar-refractivity contribution is 6.30. The van der Waals surface area contributed by atoms with Crippen molar-refractivity contribution < 1.29 is 18.7 Å². The van der Waals surface area contributed by atoms with Crippen molar-refractivity contribution in [3.05, 3.63) is 52.9 Å². The molecule has 0 saturated heterocycles. The van der Waals surface area contributed by atoms with Crippen LogP contribution in [0.5, 0.6) is 5.75 Å². The van der Waals surface area contributed by atoms with Gasteiger partial charge in [-0.1, -0.05) is 11.6 Å². The minimum Gasteiger partial charge on any atom is -0.492 e. The number of benzene rings is 1. The van der Waals surface area contributed by atoms with Crippen molar-refractivity contribution in [2.75, 3.05) is 27.3 Å². The number of furan rings is 1. The number of likely N-dealkylation sites (N-methyl/N-ethyl adjacent to an activating group) is 1. The summed E-state index contributed by atoms with van der Waals surface area (Å²) >= 11 is 5.80. The van der Waals surface area contributed by atoms with Crippen molar-refractivity contribution in [2.24, 2.45) is 0 Å². The zero-order chi connectivity index (χ0) is 15.9. The van der Waals surface area contributed by atoms with E-state index in [9.17, 15) is 4.79 Å². The van der Waals surface area contributed by atoms with Crippen LogP contribution >= 0.6 is 11.6 Å². The van der Waals surface area contributed by atoms with E-state index in [0.29, 0.717) is 42.1 Å². The standard InChI is InChI=1S/C16H18ClNO4/c1-18(9-10-21-13-5-3-12(17)4-6-13)16(19)15-8-7-14(22-15)11-20-2/h3-8H,9-11H2,1-2H3. The molecular formula is C16H18ClNO4. The van der Waals surface area contributed by atoms with Crippen LogP contribution in [0.15, 0.2) is 40.8 Å². The zero-order valence-electron chi connectivity index (χ0n) is 12.5. The Morgan fingerprint density at radius 3 is 2.64 bits per heavy atom. The van der Waals surface area contributed by atoms with Crippen LogP contribution in [0.4, 0.5) is 0 Å². The van der Waals surface area contributed by atoms with Gasteiger partial charge in [-0.15, -0.1) is 0 Å². The lowest BCUT2D eigenvalue weighted by atomic mass is 10.3. The number of carbonyl (C=O) groups is 1. The molecule has 118 valence electrons. The third-order valence-electron chi connectivity index (χ3n) is 3.01. The van der Waals surface area contributed by atoms with Crippen molar-refractivity contribution in [3.63, 3.8) is 0 Å². The van der Waals surface area contributed by atoms with Gasteiger partial charge in [0.15, 0.2) is 5.76 Å². The van der Waals surface area contributed by atoms with Gasteiger partial charge >= 0.3 is 0 Å². The quantitative estimate of drug-likeness (QED) is 0.785. The molecule has 5 nitrogen and oxygen atoms in total. The van der Waals surface area contributed by atoms with E-state index in [1.807, 2.05) is 0 Å². The highest BCUT2D eigenvalue weighted by Gasteiger charge is 2.15. The molecule has 0 aliphatic rings. The number of hydrogen-bond donors (Lipinski definition) is 0. The van der Waals surface area contributed by atoms with Crippen LogP contribution in [0.2, 0.25) is 5.02 Å². The summed E-state index contributed by atoms with van der Waals surface area (Å²) in [4.78, 5) is 13.7. The van der Waals surface area contributed by atoms with Crippen LogP contribution in [0, 0.1) is 0 Å². The van der Waals surface area contributed by atoms with E-state index in [1.54, 1.807) is 55.5 Å². The van der Waals surface area contributed by atoms with Crippen LogP contribution in [0.3, 0.4) is 0 Å². The molecule has 0 atom stereocenters. The first-order valence-electron chi connectivity index (χ1n) is 6.81. The number of halogens is 1. The van der Waals surface area contributed by atoms with Gasteiger partial charge in [-0.05, 0) is 36.4 Å². The van der Waals surface area contributed by atoms with E-state index in [-0.39, 0.29) is 5.91 Å². The minimum atomic E-state index is -0.193. The molecule has 0 aliphatic carbocycles. The van der Waals surface area contributed by atoms with Gasteiger partial charge in [-0.3, -0.25) is 4.79 Å². The Kier molecular flexibility index (Phi) is 5.86. The van der Waals surface area contributed by atoms with E-state index < -0.39 is 0 Å². The van der Waals surface area contributed by atoms with Crippen molar-refractivity contribution in [3.8, 4) is 5.75 Å². The van der Waals surface area contributed by atoms with Crippen molar-refractivity contribution in [2.45, 2.75) is 6.61 Å². The predicted octanol–water partition coefficient (Wildman–Crippen LogP) is 3.23. The smallest absolute Gasteiger partial charge is 0.289 e. The summed E-state index contributed by atoms with van der Waals surface area (Å²) in [7, 11) is 3.27. The molecule has 1 aromatic heterocycles. The number of ether oxygens (including phenoxy) is 2. The predicted molar refractivity (Wildman–Crippen MR) is 83.3 cm³/mol. The summed E-state index contributed by atoms with van der Waals surface area (Å²) < 4.78 is 15.9. The largest absolute Gasteiger partial charge is 0.492 e. The molecule has 2 aromatic rings. The molecule has 0 unspecified atom stereocenters. The van der Waals surface area contributed by atoms with Crippen molar-refractivity contribution >= 4 is 17.5 Å². The summed E-state index contributed by atoms with van der Waals surface area (Å²) in [5.41, 5.74) is 0. The first-order valence-corrected chi connectivity index (χ1v) is 7.19. The molecule has 1 heterocycles. The van der Waals surface area contributed by atoms with Crippen molar-refractivity contribution in [1.29, 1.82) is 0 Å². The highest BCUT2D eigenvalue weighted by Crippen LogP contribution is 2.15. The monoisotopic (exact) mass is 323 g/mol. The van der Waals surface area contributed by atoms with Gasteiger partial charge < -0.3 is 18.8 Å². The average Bonchev–Trinajstić information content (AvgIpc) is 2.97. The third-order valence-corrected chi connectivity index (χ3v) is 3.27. The fourth-order valence-corrected chi connectivity index (χ4v) is 1.96. The number of rotatable bonds is 7. The van der Waals surface area contributed by atoms with E-state index in [2.05, 4.69) is 0 Å². The van der Waals surface area contributed by atoms with Crippen LogP contribution in [-0.2, 0) is 11.3 Å². The molecule has 1 amide bonds. The molecule has 0 saturated carbocycles. The van der Waals surface area contributed by atoms with Gasteiger partial charge in [-0.25, -0.2) is 0 Å². The molecule has 6 heteroatoms. The molecule has 0 fully saturated rings. The molecule has 0 aliphatic heterocycles. The summed E-state index contributed by atoms with van der Waals surface area (Å²) in [6.07, 6.45) is 0. The number of amides is 1. The van der Waals surface area contributed by atoms with Crippen molar-refractivity contribution in [1.82, 2.24) is 4.90 Å². The summed E-state index contributed by atoms with van der Waals surface area (Å²) in [5.74, 6) is 1.44. The first kappa shape index (κ1) is 16.4. The topological polar surface area (TPSA) is 51.9 Å². The molecule has 2 rings (SSSR count). The first-order chi connectivity index (χ1) is 10.6. The van der Waals surface area contributed by atoms with E-state index in [1.165, 1.54) is 0 Å². The Hall–Kier alpha value is -1.98. The summed E-state index contributed by atoms with van der Waals surface area (Å²) in [6, 6.07) is 10.5. The maximum Gasteiger partial charge on any atom is 0.289 e. The fraction of sp³-hybridized carbons (Fsp3) is 0.312. The SMILES string of the molecule is COCc1ccc(C(=O)N(C)CCOc2ccc(Cl)cc2)o1. The fourth-order valence-electron chi connectivity index (χ4n) is 1.83. The van der Waals surface area contributed by atoms with E-state index >= 15 is 0 Å². The molecule has 0 spiro atoms. The van der Waals surface area contributed by atoms with E-state index in [0.717, 1.165) is 0 Å². The maximum absolute atomic E-state index is 12.2. The second-order valence-electron chi connectivity index (χ2n) is 4.73. The average molecular weight is 324 g/mol. The van der Waals surface area contributed by atoms with Gasteiger partial charge in [0.05, 0.1) is 6.54 Å². The van der Waals surface area contributed by atoms with E-state index in [4.69, 9.17) is 25.5 Å². The van der Waals surface area contributed by atoms with Crippen LogP contribution in [0.1, 0.15) is 16.3 Å². The highest BCUT2D eigenvalue weighted by atomic mass is 35.5. The second kappa shape index (κ2) is 7.87. The van der Waals surface area contributed by atoms with Gasteiger partial charge in [0.1, 0.15) is 24.7 Å². The van der Waals surface area contributed by atoms with Gasteiger partial charge in [0.2, 0.25) is 0 Å². The summed E-state index contributed by atoms with van der Waals surface area (Å²) in [5, 5.41) is 0.657. The zero-order valence-corrected chi connectivity index (χ0v) is 13.3. The van der Waals surface area contributed by atoms with Crippen LogP contribution < -0.4 is 4.74 Å². The second-order valence-corrected chi connectivity index (χ2v) is 5.16. The normalized spacial score (nSPS) is 10.5. The Balaban J connectivity index is 1.81. The Morgan fingerprint density at radius 1 is 1.23 bits per heavy atom. The van der Waals surface area contributed by atoms with Crippen LogP contribution in [-0.4, -0.2) is 38.1 Å². The third kappa shape index (κ3) is 4.51. The Morgan fingerprint density at radius 2 is 1.95 bits per heavy atom. The number of hydrogen-bond acceptors (Lipinski definition) is 4. The lowest BCUT2D eigenvalue weighted by molar-refractivity contribution is 0.0734. The Labute approximate surface area is 134 Å². The molecule has 0 N–H and O–H groups in total. The number of methoxy groups -OCH3 is 1. The summed E-state index contributed by atoms with van der Waals surface area (Å²) in [6.45, 7) is 1.17. The molecule has 22 heavy (non-hydrogen) atoms. The van der Waals surface area contributed by atoms with Gasteiger partial charge in [0.25, 0.3) is 5.91 Å². The number of carbonyl (C=O) groups excluding carboxylic acids is 1.